The number of H-pyrrole nitrogens is 1. The van der Waals surface area contributed by atoms with Crippen LogP contribution >= 0.6 is 11.6 Å². The Morgan fingerprint density at radius 1 is 1.53 bits per heavy atom. The number of nitrogens with two attached hydrogens (primary N) is 1. The Balaban J connectivity index is 2.17. The lowest BCUT2D eigenvalue weighted by molar-refractivity contribution is 0.0779. The number of amides is 1. The van der Waals surface area contributed by atoms with Crippen LogP contribution in [0.4, 0.5) is 10.1 Å². The molecule has 0 saturated carbocycles. The van der Waals surface area contributed by atoms with Crippen molar-refractivity contribution in [3.8, 4) is 0 Å². The molecule has 2 rings (SSSR count). The van der Waals surface area contributed by atoms with E-state index < -0.39 is 5.82 Å². The fourth-order valence-corrected chi connectivity index (χ4v) is 1.96. The van der Waals surface area contributed by atoms with Crippen molar-refractivity contribution in [2.45, 2.75) is 6.54 Å². The van der Waals surface area contributed by atoms with Gasteiger partial charge in [-0.2, -0.15) is 0 Å². The van der Waals surface area contributed by atoms with Crippen LogP contribution in [0.1, 0.15) is 16.1 Å². The van der Waals surface area contributed by atoms with E-state index in [0.717, 1.165) is 0 Å². The molecule has 0 aliphatic rings. The molecule has 0 atom stereocenters. The van der Waals surface area contributed by atoms with Gasteiger partial charge in [-0.15, -0.1) is 0 Å². The highest BCUT2D eigenvalue weighted by atomic mass is 35.5. The lowest BCUT2D eigenvalue weighted by Crippen LogP contribution is -2.27. The normalized spacial score (nSPS) is 10.5. The number of nitrogens with one attached hydrogen (secondary N) is 1. The molecule has 0 aliphatic carbocycles. The molecule has 4 nitrogen and oxygen atoms in total. The molecule has 1 aromatic heterocycles. The molecule has 19 heavy (non-hydrogen) atoms. The number of hydrogen-bond acceptors (Lipinski definition) is 2. The number of nitrogens with zero attached hydrogens (tertiary/aromatic N) is 1. The minimum atomic E-state index is -0.432. The molecule has 0 saturated heterocycles. The maximum absolute atomic E-state index is 13.6. The fourth-order valence-electron chi connectivity index (χ4n) is 1.73. The van der Waals surface area contributed by atoms with E-state index >= 15 is 0 Å². The minimum absolute atomic E-state index is 0.0866. The lowest BCUT2D eigenvalue weighted by atomic mass is 10.2. The zero-order valence-corrected chi connectivity index (χ0v) is 11.0. The summed E-state index contributed by atoms with van der Waals surface area (Å²) < 4.78 is 13.6. The maximum Gasteiger partial charge on any atom is 0.270 e. The van der Waals surface area contributed by atoms with Crippen LogP contribution in [-0.4, -0.2) is 22.8 Å². The molecule has 0 unspecified atom stereocenters. The molecule has 0 radical (unpaired) electrons. The summed E-state index contributed by atoms with van der Waals surface area (Å²) in [5.74, 6) is -0.714. The fraction of sp³-hybridized carbons (Fsp3) is 0.154. The van der Waals surface area contributed by atoms with E-state index in [0.29, 0.717) is 22.0 Å². The first-order valence-electron chi connectivity index (χ1n) is 5.61. The molecule has 0 spiro atoms. The van der Waals surface area contributed by atoms with Crippen molar-refractivity contribution in [1.29, 1.82) is 0 Å². The summed E-state index contributed by atoms with van der Waals surface area (Å²) in [6.07, 6.45) is 1.52. The summed E-state index contributed by atoms with van der Waals surface area (Å²) in [6.45, 7) is 0.0866. The monoisotopic (exact) mass is 281 g/mol. The number of halogens is 2. The third kappa shape index (κ3) is 2.88. The summed E-state index contributed by atoms with van der Waals surface area (Å²) in [6, 6.07) is 5.95. The highest BCUT2D eigenvalue weighted by Crippen LogP contribution is 2.21. The van der Waals surface area contributed by atoms with Gasteiger partial charge in [-0.25, -0.2) is 4.39 Å². The molecule has 100 valence electrons. The van der Waals surface area contributed by atoms with E-state index in [1.165, 1.54) is 29.3 Å². The van der Waals surface area contributed by atoms with Gasteiger partial charge in [-0.1, -0.05) is 17.7 Å². The van der Waals surface area contributed by atoms with Crippen LogP contribution in [0.15, 0.2) is 30.5 Å². The largest absolute Gasteiger partial charge is 0.397 e. The molecule has 0 fully saturated rings. The van der Waals surface area contributed by atoms with Gasteiger partial charge in [0.2, 0.25) is 0 Å². The Morgan fingerprint density at radius 2 is 2.26 bits per heavy atom. The summed E-state index contributed by atoms with van der Waals surface area (Å²) in [5, 5.41) is 0.297. The smallest absolute Gasteiger partial charge is 0.270 e. The van der Waals surface area contributed by atoms with E-state index in [1.54, 1.807) is 13.1 Å². The average molecular weight is 282 g/mol. The van der Waals surface area contributed by atoms with Gasteiger partial charge in [0, 0.05) is 29.5 Å². The van der Waals surface area contributed by atoms with Gasteiger partial charge in [0.1, 0.15) is 11.5 Å². The Kier molecular flexibility index (Phi) is 3.76. The second kappa shape index (κ2) is 5.32. The number of carbonyl (C=O) groups is 1. The molecule has 2 aromatic rings. The van der Waals surface area contributed by atoms with Gasteiger partial charge in [0.25, 0.3) is 5.91 Å². The van der Waals surface area contributed by atoms with Gasteiger partial charge in [-0.3, -0.25) is 4.79 Å². The summed E-state index contributed by atoms with van der Waals surface area (Å²) >= 11 is 5.92. The van der Waals surface area contributed by atoms with Crippen LogP contribution in [-0.2, 0) is 6.54 Å². The number of nitrogen functional groups attached to an aromatic ring is 1. The predicted octanol–water partition coefficient (Wildman–Crippen LogP) is 2.66. The first-order chi connectivity index (χ1) is 8.99. The summed E-state index contributed by atoms with van der Waals surface area (Å²) in [7, 11) is 1.57. The number of rotatable bonds is 3. The quantitative estimate of drug-likeness (QED) is 0.908. The van der Waals surface area contributed by atoms with Gasteiger partial charge in [0.05, 0.1) is 6.54 Å². The average Bonchev–Trinajstić information content (AvgIpc) is 2.79. The molecule has 0 aliphatic heterocycles. The molecular weight excluding hydrogens is 269 g/mol. The first kappa shape index (κ1) is 13.4. The SMILES string of the molecule is CN(Cc1c(F)cccc1Cl)C(=O)c1cc(N)c[nH]1. The number of anilines is 1. The number of hydrogen-bond donors (Lipinski definition) is 2. The van der Waals surface area contributed by atoms with Crippen LogP contribution in [0.2, 0.25) is 5.02 Å². The zero-order valence-electron chi connectivity index (χ0n) is 10.3. The zero-order chi connectivity index (χ0) is 14.0. The third-order valence-corrected chi connectivity index (χ3v) is 3.09. The lowest BCUT2D eigenvalue weighted by Gasteiger charge is -2.17. The van der Waals surface area contributed by atoms with Gasteiger partial charge in [-0.05, 0) is 18.2 Å². The molecule has 1 aromatic carbocycles. The summed E-state index contributed by atoms with van der Waals surface area (Å²) in [5.41, 5.74) is 6.65. The van der Waals surface area contributed by atoms with Crippen molar-refractivity contribution in [3.63, 3.8) is 0 Å². The molecule has 1 heterocycles. The van der Waals surface area contributed by atoms with E-state index in [2.05, 4.69) is 4.98 Å². The highest BCUT2D eigenvalue weighted by molar-refractivity contribution is 6.31. The van der Waals surface area contributed by atoms with Gasteiger partial charge < -0.3 is 15.6 Å². The number of aromatic amines is 1. The van der Waals surface area contributed by atoms with E-state index in [1.807, 2.05) is 0 Å². The van der Waals surface area contributed by atoms with E-state index in [9.17, 15) is 9.18 Å². The molecule has 6 heteroatoms. The van der Waals surface area contributed by atoms with Gasteiger partial charge in [0.15, 0.2) is 0 Å². The van der Waals surface area contributed by atoms with Crippen molar-refractivity contribution >= 4 is 23.2 Å². The van der Waals surface area contributed by atoms with Gasteiger partial charge >= 0.3 is 0 Å². The maximum atomic E-state index is 13.6. The highest BCUT2D eigenvalue weighted by Gasteiger charge is 2.16. The molecule has 1 amide bonds. The van der Waals surface area contributed by atoms with Crippen molar-refractivity contribution in [2.75, 3.05) is 12.8 Å². The Labute approximate surface area is 115 Å². The minimum Gasteiger partial charge on any atom is -0.397 e. The third-order valence-electron chi connectivity index (χ3n) is 2.74. The van der Waals surface area contributed by atoms with Crippen molar-refractivity contribution in [2.24, 2.45) is 0 Å². The van der Waals surface area contributed by atoms with Crippen molar-refractivity contribution in [1.82, 2.24) is 9.88 Å². The number of benzene rings is 1. The first-order valence-corrected chi connectivity index (χ1v) is 5.99. The van der Waals surface area contributed by atoms with Crippen molar-refractivity contribution < 1.29 is 9.18 Å². The Hall–Kier alpha value is -2.01. The van der Waals surface area contributed by atoms with Crippen LogP contribution < -0.4 is 5.73 Å². The molecular formula is C13H13ClFN3O. The van der Waals surface area contributed by atoms with Crippen LogP contribution in [0.5, 0.6) is 0 Å². The van der Waals surface area contributed by atoms with Crippen LogP contribution in [0.25, 0.3) is 0 Å². The number of carbonyl (C=O) groups excluding carboxylic acids is 1. The second-order valence-corrected chi connectivity index (χ2v) is 4.62. The standard InChI is InChI=1S/C13H13ClFN3O/c1-18(13(19)12-5-8(16)6-17-12)7-9-10(14)3-2-4-11(9)15/h2-6,17H,7,16H2,1H3. The second-order valence-electron chi connectivity index (χ2n) is 4.21. The van der Waals surface area contributed by atoms with E-state index in [-0.39, 0.29) is 12.5 Å². The van der Waals surface area contributed by atoms with Crippen LogP contribution in [0, 0.1) is 5.82 Å². The molecule has 3 N–H and O–H groups in total. The summed E-state index contributed by atoms with van der Waals surface area (Å²) in [4.78, 5) is 16.2. The van der Waals surface area contributed by atoms with E-state index in [4.69, 9.17) is 17.3 Å². The van der Waals surface area contributed by atoms with Crippen molar-refractivity contribution in [3.05, 3.63) is 52.6 Å². The van der Waals surface area contributed by atoms with Crippen LogP contribution in [0.3, 0.4) is 0 Å². The molecule has 0 bridgehead atoms. The topological polar surface area (TPSA) is 62.1 Å². The Bertz CT molecular complexity index is 591. The Morgan fingerprint density at radius 3 is 2.84 bits per heavy atom. The number of aromatic nitrogens is 1. The predicted molar refractivity (Wildman–Crippen MR) is 72.4 cm³/mol.